The number of methoxy groups -OCH3 is 1. The number of ether oxygens (including phenoxy) is 2. The number of carboxylic acid groups (broad SMARTS) is 1. The quantitative estimate of drug-likeness (QED) is 0.303. The second-order valence-corrected chi connectivity index (χ2v) is 7.94. The fourth-order valence-corrected chi connectivity index (χ4v) is 3.91. The van der Waals surface area contributed by atoms with Gasteiger partial charge in [-0.3, -0.25) is 4.79 Å². The Bertz CT molecular complexity index is 1220. The third-order valence-corrected chi connectivity index (χ3v) is 5.56. The molecule has 0 saturated carbocycles. The van der Waals surface area contributed by atoms with Gasteiger partial charge in [0.1, 0.15) is 17.7 Å². The number of benzene rings is 2. The van der Waals surface area contributed by atoms with E-state index < -0.39 is 5.97 Å². The highest BCUT2D eigenvalue weighted by molar-refractivity contribution is 6.04. The number of H-pyrrole nitrogens is 1. The number of carbonyl (C=O) groups is 1. The number of nitrogens with one attached hydrogen (secondary N) is 1. The maximum Gasteiger partial charge on any atom is 0.303 e. The predicted octanol–water partition coefficient (Wildman–Crippen LogP) is 5.71. The molecular formula is C26H27N3O4. The van der Waals surface area contributed by atoms with Gasteiger partial charge in [-0.2, -0.15) is 0 Å². The van der Waals surface area contributed by atoms with E-state index in [1.54, 1.807) is 7.11 Å². The van der Waals surface area contributed by atoms with Gasteiger partial charge in [0.2, 0.25) is 5.88 Å². The number of aromatic amines is 1. The summed E-state index contributed by atoms with van der Waals surface area (Å²) in [5, 5.41) is 9.66. The van der Waals surface area contributed by atoms with Crippen LogP contribution >= 0.6 is 0 Å². The Morgan fingerprint density at radius 3 is 2.48 bits per heavy atom. The van der Waals surface area contributed by atoms with Crippen molar-refractivity contribution in [2.24, 2.45) is 0 Å². The van der Waals surface area contributed by atoms with Crippen LogP contribution in [0.3, 0.4) is 0 Å². The summed E-state index contributed by atoms with van der Waals surface area (Å²) in [4.78, 5) is 23.1. The van der Waals surface area contributed by atoms with Crippen molar-refractivity contribution in [2.45, 2.75) is 38.7 Å². The first-order valence-corrected chi connectivity index (χ1v) is 11.0. The van der Waals surface area contributed by atoms with E-state index in [9.17, 15) is 4.79 Å². The van der Waals surface area contributed by atoms with Gasteiger partial charge in [0.05, 0.1) is 24.3 Å². The summed E-state index contributed by atoms with van der Waals surface area (Å²) >= 11 is 0. The Labute approximate surface area is 192 Å². The molecule has 0 aliphatic rings. The molecule has 0 spiro atoms. The van der Waals surface area contributed by atoms with E-state index in [-0.39, 0.29) is 12.5 Å². The Balaban J connectivity index is 1.74. The van der Waals surface area contributed by atoms with Crippen molar-refractivity contribution in [3.63, 3.8) is 0 Å². The average Bonchev–Trinajstić information content (AvgIpc) is 3.23. The van der Waals surface area contributed by atoms with Gasteiger partial charge in [-0.05, 0) is 49.4 Å². The number of aromatic nitrogens is 3. The Hall–Kier alpha value is -3.87. The number of fused-ring (bicyclic) bond motifs is 1. The minimum Gasteiger partial charge on any atom is -0.497 e. The third-order valence-electron chi connectivity index (χ3n) is 5.56. The van der Waals surface area contributed by atoms with E-state index in [4.69, 9.17) is 14.6 Å². The first-order chi connectivity index (χ1) is 16.1. The Morgan fingerprint density at radius 2 is 1.79 bits per heavy atom. The molecule has 2 heterocycles. The van der Waals surface area contributed by atoms with E-state index in [1.807, 2.05) is 49.4 Å². The van der Waals surface area contributed by atoms with E-state index >= 15 is 0 Å². The molecule has 33 heavy (non-hydrogen) atoms. The Kier molecular flexibility index (Phi) is 6.88. The van der Waals surface area contributed by atoms with Crippen LogP contribution in [0.5, 0.6) is 11.6 Å². The lowest BCUT2D eigenvalue weighted by atomic mass is 9.99. The number of hydrogen-bond donors (Lipinski definition) is 2. The van der Waals surface area contributed by atoms with Gasteiger partial charge in [-0.25, -0.2) is 9.97 Å². The van der Waals surface area contributed by atoms with Gasteiger partial charge in [0, 0.05) is 12.0 Å². The SMILES string of the molecule is COc1ccc(-c2c(-c3ccccc3)[nH]c3ncnc(O[C@@H](C)CCCCC(=O)O)c23)cc1. The van der Waals surface area contributed by atoms with Gasteiger partial charge in [0.25, 0.3) is 0 Å². The number of carboxylic acids is 1. The van der Waals surface area contributed by atoms with E-state index in [0.29, 0.717) is 17.9 Å². The van der Waals surface area contributed by atoms with Crippen LogP contribution in [0.15, 0.2) is 60.9 Å². The molecule has 7 heteroatoms. The molecule has 0 aliphatic carbocycles. The van der Waals surface area contributed by atoms with Crippen molar-refractivity contribution >= 4 is 17.0 Å². The third kappa shape index (κ3) is 5.14. The molecule has 0 amide bonds. The molecule has 2 aromatic carbocycles. The predicted molar refractivity (Wildman–Crippen MR) is 128 cm³/mol. The zero-order valence-corrected chi connectivity index (χ0v) is 18.7. The lowest BCUT2D eigenvalue weighted by molar-refractivity contribution is -0.137. The topological polar surface area (TPSA) is 97.3 Å². The molecule has 7 nitrogen and oxygen atoms in total. The van der Waals surface area contributed by atoms with Gasteiger partial charge < -0.3 is 19.6 Å². The molecule has 2 aromatic heterocycles. The maximum absolute atomic E-state index is 10.8. The first-order valence-electron chi connectivity index (χ1n) is 11.0. The summed E-state index contributed by atoms with van der Waals surface area (Å²) in [5.74, 6) is 0.517. The van der Waals surface area contributed by atoms with Crippen LogP contribution in [0.2, 0.25) is 0 Å². The molecule has 1 atom stereocenters. The second-order valence-electron chi connectivity index (χ2n) is 7.94. The van der Waals surface area contributed by atoms with Crippen molar-refractivity contribution in [1.82, 2.24) is 15.0 Å². The summed E-state index contributed by atoms with van der Waals surface area (Å²) in [5.41, 5.74) is 4.63. The number of rotatable bonds is 10. The lowest BCUT2D eigenvalue weighted by Gasteiger charge is -2.15. The highest BCUT2D eigenvalue weighted by Gasteiger charge is 2.21. The molecule has 0 radical (unpaired) electrons. The first kappa shape index (κ1) is 22.3. The smallest absolute Gasteiger partial charge is 0.303 e. The molecule has 4 aromatic rings. The van der Waals surface area contributed by atoms with E-state index in [1.165, 1.54) is 6.33 Å². The Morgan fingerprint density at radius 1 is 1.03 bits per heavy atom. The molecule has 4 rings (SSSR count). The fourth-order valence-electron chi connectivity index (χ4n) is 3.91. The van der Waals surface area contributed by atoms with Crippen LogP contribution < -0.4 is 9.47 Å². The van der Waals surface area contributed by atoms with Crippen LogP contribution in [0.25, 0.3) is 33.4 Å². The molecule has 2 N–H and O–H groups in total. The van der Waals surface area contributed by atoms with Gasteiger partial charge in [0.15, 0.2) is 0 Å². The van der Waals surface area contributed by atoms with Crippen LogP contribution in [0.1, 0.15) is 32.6 Å². The summed E-state index contributed by atoms with van der Waals surface area (Å²) < 4.78 is 11.6. The molecule has 0 saturated heterocycles. The summed E-state index contributed by atoms with van der Waals surface area (Å²) in [7, 11) is 1.65. The summed E-state index contributed by atoms with van der Waals surface area (Å²) in [6.45, 7) is 1.98. The minimum atomic E-state index is -0.772. The molecule has 0 fully saturated rings. The fraction of sp³-hybridized carbons (Fsp3) is 0.269. The van der Waals surface area contributed by atoms with Gasteiger partial charge >= 0.3 is 5.97 Å². The van der Waals surface area contributed by atoms with E-state index in [2.05, 4.69) is 27.1 Å². The monoisotopic (exact) mass is 445 g/mol. The van der Waals surface area contributed by atoms with Crippen molar-refractivity contribution < 1.29 is 19.4 Å². The molecule has 0 aliphatic heterocycles. The van der Waals surface area contributed by atoms with Crippen LogP contribution in [0, 0.1) is 0 Å². The van der Waals surface area contributed by atoms with Crippen LogP contribution in [-0.2, 0) is 4.79 Å². The van der Waals surface area contributed by atoms with Crippen molar-refractivity contribution in [1.29, 1.82) is 0 Å². The lowest BCUT2D eigenvalue weighted by Crippen LogP contribution is -2.13. The van der Waals surface area contributed by atoms with Crippen LogP contribution in [0.4, 0.5) is 0 Å². The minimum absolute atomic E-state index is 0.115. The number of hydrogen-bond acceptors (Lipinski definition) is 5. The molecule has 170 valence electrons. The second kappa shape index (κ2) is 10.2. The van der Waals surface area contributed by atoms with Crippen molar-refractivity contribution in [2.75, 3.05) is 7.11 Å². The van der Waals surface area contributed by atoms with Crippen molar-refractivity contribution in [3.8, 4) is 34.0 Å². The summed E-state index contributed by atoms with van der Waals surface area (Å²) in [6.07, 6.45) is 3.70. The maximum atomic E-state index is 10.8. The largest absolute Gasteiger partial charge is 0.497 e. The van der Waals surface area contributed by atoms with Gasteiger partial charge in [-0.1, -0.05) is 42.5 Å². The zero-order chi connectivity index (χ0) is 23.2. The van der Waals surface area contributed by atoms with Crippen molar-refractivity contribution in [3.05, 3.63) is 60.9 Å². The summed E-state index contributed by atoms with van der Waals surface area (Å²) in [6, 6.07) is 18.0. The molecule has 0 bridgehead atoms. The number of aliphatic carboxylic acids is 1. The average molecular weight is 446 g/mol. The highest BCUT2D eigenvalue weighted by atomic mass is 16.5. The molecular weight excluding hydrogens is 418 g/mol. The number of nitrogens with zero attached hydrogens (tertiary/aromatic N) is 2. The number of unbranched alkanes of at least 4 members (excludes halogenated alkanes) is 1. The van der Waals surface area contributed by atoms with Gasteiger partial charge in [-0.15, -0.1) is 0 Å². The standard InChI is InChI=1S/C26H27N3O4/c1-17(8-6-7-11-21(30)31)33-26-23-22(18-12-14-20(32-2)15-13-18)24(19-9-4-3-5-10-19)29-25(23)27-16-28-26/h3-5,9-10,12-17H,6-8,11H2,1-2H3,(H,30,31)(H,27,28,29)/t17-/m0/s1. The van der Waals surface area contributed by atoms with E-state index in [0.717, 1.165) is 46.4 Å². The highest BCUT2D eigenvalue weighted by Crippen LogP contribution is 2.41. The van der Waals surface area contributed by atoms with Crippen LogP contribution in [-0.4, -0.2) is 39.2 Å². The molecule has 0 unspecified atom stereocenters. The normalized spacial score (nSPS) is 11.9. The zero-order valence-electron chi connectivity index (χ0n) is 18.7.